The number of carboxylic acids is 1. The van der Waals surface area contributed by atoms with Crippen molar-refractivity contribution >= 4 is 17.7 Å². The zero-order chi connectivity index (χ0) is 13.5. The third-order valence-electron chi connectivity index (χ3n) is 3.41. The summed E-state index contributed by atoms with van der Waals surface area (Å²) in [7, 11) is 1.71. The average Bonchev–Trinajstić information content (AvgIpc) is 2.27. The fraction of sp³-hybridized carbons (Fsp3) is 0.923. The molecular formula is C13H27NO2S. The molecule has 0 saturated heterocycles. The topological polar surface area (TPSA) is 49.3 Å². The molecule has 3 nitrogen and oxygen atoms in total. The maximum absolute atomic E-state index is 11.0. The lowest BCUT2D eigenvalue weighted by atomic mass is 9.95. The van der Waals surface area contributed by atoms with E-state index in [4.69, 9.17) is 5.11 Å². The third-order valence-corrected chi connectivity index (χ3v) is 5.01. The summed E-state index contributed by atoms with van der Waals surface area (Å²) in [6, 6.07) is 0. The molecule has 0 fully saturated rings. The molecule has 0 aromatic rings. The van der Waals surface area contributed by atoms with Crippen LogP contribution in [0.1, 0.15) is 47.0 Å². The van der Waals surface area contributed by atoms with Crippen LogP contribution in [0.25, 0.3) is 0 Å². The second kappa shape index (κ2) is 7.98. The predicted octanol–water partition coefficient (Wildman–Crippen LogP) is 3.00. The molecule has 0 aromatic heterocycles. The molecule has 0 aliphatic rings. The zero-order valence-corrected chi connectivity index (χ0v) is 12.6. The van der Waals surface area contributed by atoms with Gasteiger partial charge >= 0.3 is 5.97 Å². The lowest BCUT2D eigenvalue weighted by Gasteiger charge is -2.24. The van der Waals surface area contributed by atoms with Gasteiger partial charge in [0.15, 0.2) is 0 Å². The third kappa shape index (κ3) is 6.32. The summed E-state index contributed by atoms with van der Waals surface area (Å²) in [5.74, 6) is 1.07. The average molecular weight is 261 g/mol. The molecule has 102 valence electrons. The molecule has 0 aromatic carbocycles. The molecular weight excluding hydrogens is 234 g/mol. The van der Waals surface area contributed by atoms with Crippen LogP contribution in [-0.2, 0) is 4.79 Å². The van der Waals surface area contributed by atoms with Gasteiger partial charge in [-0.3, -0.25) is 4.79 Å². The minimum absolute atomic E-state index is 0.685. The van der Waals surface area contributed by atoms with Gasteiger partial charge in [0.05, 0.1) is 0 Å². The van der Waals surface area contributed by atoms with Crippen LogP contribution in [0.2, 0.25) is 0 Å². The van der Waals surface area contributed by atoms with Crippen LogP contribution in [-0.4, -0.2) is 34.7 Å². The highest BCUT2D eigenvalue weighted by atomic mass is 32.2. The van der Waals surface area contributed by atoms with Gasteiger partial charge in [0.1, 0.15) is 5.54 Å². The van der Waals surface area contributed by atoms with Gasteiger partial charge in [0.2, 0.25) is 0 Å². The van der Waals surface area contributed by atoms with Crippen molar-refractivity contribution in [2.45, 2.75) is 57.7 Å². The molecule has 2 N–H and O–H groups in total. The first-order chi connectivity index (χ1) is 7.83. The second-order valence-electron chi connectivity index (χ2n) is 5.16. The SMILES string of the molecule is CNC(C)(CCCCSC(C)C(C)C)C(=O)O. The van der Waals surface area contributed by atoms with Crippen LogP contribution in [0.4, 0.5) is 0 Å². The Hall–Kier alpha value is -0.220. The van der Waals surface area contributed by atoms with Gasteiger partial charge in [0, 0.05) is 5.25 Å². The van der Waals surface area contributed by atoms with E-state index >= 15 is 0 Å². The highest BCUT2D eigenvalue weighted by Crippen LogP contribution is 2.21. The van der Waals surface area contributed by atoms with E-state index in [0.29, 0.717) is 17.6 Å². The molecule has 17 heavy (non-hydrogen) atoms. The summed E-state index contributed by atoms with van der Waals surface area (Å²) in [5, 5.41) is 12.7. The van der Waals surface area contributed by atoms with Gasteiger partial charge in [-0.2, -0.15) is 11.8 Å². The molecule has 0 radical (unpaired) electrons. The number of nitrogens with one attached hydrogen (secondary N) is 1. The molecule has 4 heteroatoms. The van der Waals surface area contributed by atoms with E-state index in [1.54, 1.807) is 14.0 Å². The fourth-order valence-corrected chi connectivity index (χ4v) is 2.51. The van der Waals surface area contributed by atoms with Crippen molar-refractivity contribution in [2.75, 3.05) is 12.8 Å². The Labute approximate surface area is 110 Å². The Kier molecular flexibility index (Phi) is 7.88. The highest BCUT2D eigenvalue weighted by molar-refractivity contribution is 7.99. The van der Waals surface area contributed by atoms with Crippen LogP contribution in [0.3, 0.4) is 0 Å². The molecule has 0 spiro atoms. The minimum atomic E-state index is -0.770. The predicted molar refractivity (Wildman–Crippen MR) is 75.7 cm³/mol. The van der Waals surface area contributed by atoms with Gasteiger partial charge in [-0.25, -0.2) is 0 Å². The Balaban J connectivity index is 3.74. The fourth-order valence-electron chi connectivity index (χ4n) is 1.38. The molecule has 2 atom stereocenters. The Bertz CT molecular complexity index is 233. The van der Waals surface area contributed by atoms with Crippen molar-refractivity contribution in [3.63, 3.8) is 0 Å². The molecule has 0 rings (SSSR count). The summed E-state index contributed by atoms with van der Waals surface area (Å²) in [6.07, 6.45) is 2.74. The first-order valence-corrected chi connectivity index (χ1v) is 7.42. The summed E-state index contributed by atoms with van der Waals surface area (Å²) in [5.41, 5.74) is -0.770. The number of rotatable bonds is 9. The Morgan fingerprint density at radius 3 is 2.35 bits per heavy atom. The van der Waals surface area contributed by atoms with Crippen molar-refractivity contribution in [2.24, 2.45) is 5.92 Å². The minimum Gasteiger partial charge on any atom is -0.480 e. The summed E-state index contributed by atoms with van der Waals surface area (Å²) in [6.45, 7) is 8.48. The first-order valence-electron chi connectivity index (χ1n) is 6.37. The maximum Gasteiger partial charge on any atom is 0.323 e. The van der Waals surface area contributed by atoms with Gasteiger partial charge in [0.25, 0.3) is 0 Å². The van der Waals surface area contributed by atoms with Crippen LogP contribution < -0.4 is 5.32 Å². The number of carbonyl (C=O) groups is 1. The van der Waals surface area contributed by atoms with Crippen LogP contribution in [0, 0.1) is 5.92 Å². The standard InChI is InChI=1S/C13H27NO2S/c1-10(2)11(3)17-9-7-6-8-13(4,14-5)12(15)16/h10-11,14H,6-9H2,1-5H3,(H,15,16). The second-order valence-corrected chi connectivity index (χ2v) is 6.65. The monoisotopic (exact) mass is 261 g/mol. The van der Waals surface area contributed by atoms with Crippen molar-refractivity contribution in [1.29, 1.82) is 0 Å². The van der Waals surface area contributed by atoms with Crippen LogP contribution >= 0.6 is 11.8 Å². The van der Waals surface area contributed by atoms with E-state index < -0.39 is 11.5 Å². The molecule has 0 heterocycles. The lowest BCUT2D eigenvalue weighted by Crippen LogP contribution is -2.47. The summed E-state index contributed by atoms with van der Waals surface area (Å²) >= 11 is 1.98. The number of thioether (sulfide) groups is 1. The van der Waals surface area contributed by atoms with Crippen molar-refractivity contribution in [3.8, 4) is 0 Å². The van der Waals surface area contributed by atoms with Crippen molar-refractivity contribution in [3.05, 3.63) is 0 Å². The smallest absolute Gasteiger partial charge is 0.323 e. The largest absolute Gasteiger partial charge is 0.480 e. The highest BCUT2D eigenvalue weighted by Gasteiger charge is 2.29. The normalized spacial score (nSPS) is 16.8. The first kappa shape index (κ1) is 16.8. The van der Waals surface area contributed by atoms with E-state index in [2.05, 4.69) is 26.1 Å². The van der Waals surface area contributed by atoms with E-state index in [-0.39, 0.29) is 0 Å². The van der Waals surface area contributed by atoms with E-state index in [0.717, 1.165) is 18.6 Å². The number of carboxylic acid groups (broad SMARTS) is 1. The van der Waals surface area contributed by atoms with Gasteiger partial charge in [-0.1, -0.05) is 27.2 Å². The number of likely N-dealkylation sites (N-methyl/N-ethyl adjacent to an activating group) is 1. The van der Waals surface area contributed by atoms with Crippen LogP contribution in [0.15, 0.2) is 0 Å². The van der Waals surface area contributed by atoms with E-state index in [9.17, 15) is 4.79 Å². The van der Waals surface area contributed by atoms with Gasteiger partial charge < -0.3 is 10.4 Å². The van der Waals surface area contributed by atoms with Crippen molar-refractivity contribution < 1.29 is 9.90 Å². The van der Waals surface area contributed by atoms with Crippen LogP contribution in [0.5, 0.6) is 0 Å². The molecule has 0 aliphatic heterocycles. The van der Waals surface area contributed by atoms with Crippen molar-refractivity contribution in [1.82, 2.24) is 5.32 Å². The zero-order valence-electron chi connectivity index (χ0n) is 11.7. The number of hydrogen-bond acceptors (Lipinski definition) is 3. The van der Waals surface area contributed by atoms with Gasteiger partial charge in [-0.05, 0) is 38.5 Å². The Morgan fingerprint density at radius 1 is 1.35 bits per heavy atom. The number of aliphatic carboxylic acids is 1. The van der Waals surface area contributed by atoms with E-state index in [1.807, 2.05) is 11.8 Å². The number of hydrogen-bond donors (Lipinski definition) is 2. The summed E-state index contributed by atoms with van der Waals surface area (Å²) < 4.78 is 0. The molecule has 2 unspecified atom stereocenters. The summed E-state index contributed by atoms with van der Waals surface area (Å²) in [4.78, 5) is 11.0. The maximum atomic E-state index is 11.0. The number of unbranched alkanes of at least 4 members (excludes halogenated alkanes) is 1. The quantitative estimate of drug-likeness (QED) is 0.626. The van der Waals surface area contributed by atoms with E-state index in [1.165, 1.54) is 0 Å². The molecule has 0 aliphatic carbocycles. The molecule has 0 bridgehead atoms. The molecule has 0 amide bonds. The molecule has 0 saturated carbocycles. The Morgan fingerprint density at radius 2 is 1.94 bits per heavy atom. The lowest BCUT2D eigenvalue weighted by molar-refractivity contribution is -0.144. The van der Waals surface area contributed by atoms with Gasteiger partial charge in [-0.15, -0.1) is 0 Å².